The number of amides is 1. The van der Waals surface area contributed by atoms with Crippen LogP contribution in [0.25, 0.3) is 0 Å². The first-order valence-corrected chi connectivity index (χ1v) is 9.78. The van der Waals surface area contributed by atoms with Crippen molar-refractivity contribution in [3.8, 4) is 0 Å². The number of rotatable bonds is 9. The Hall–Kier alpha value is -2.16. The monoisotopic (exact) mass is 415 g/mol. The number of nitrogens with one attached hydrogen (secondary N) is 3. The highest BCUT2D eigenvalue weighted by atomic mass is 35.5. The van der Waals surface area contributed by atoms with Gasteiger partial charge in [0.1, 0.15) is 5.82 Å². The molecule has 0 radical (unpaired) electrons. The first-order chi connectivity index (χ1) is 12.4. The summed E-state index contributed by atoms with van der Waals surface area (Å²) in [4.78, 5) is 12.0. The molecule has 0 heterocycles. The highest BCUT2D eigenvalue weighted by molar-refractivity contribution is 7.92. The van der Waals surface area contributed by atoms with Crippen molar-refractivity contribution in [1.82, 2.24) is 10.6 Å². The van der Waals surface area contributed by atoms with Crippen LogP contribution in [0.2, 0.25) is 0 Å². The van der Waals surface area contributed by atoms with Crippen molar-refractivity contribution in [2.45, 2.75) is 18.2 Å². The van der Waals surface area contributed by atoms with Gasteiger partial charge in [-0.3, -0.25) is 9.52 Å². The summed E-state index contributed by atoms with van der Waals surface area (Å²) in [5.41, 5.74) is 0.222. The number of benzene rings is 2. The fraction of sp³-hybridized carbons (Fsp3) is 0.278. The van der Waals surface area contributed by atoms with Gasteiger partial charge >= 0.3 is 0 Å². The predicted molar refractivity (Wildman–Crippen MR) is 106 cm³/mol. The van der Waals surface area contributed by atoms with Crippen LogP contribution in [0.3, 0.4) is 0 Å². The van der Waals surface area contributed by atoms with Gasteiger partial charge in [0.25, 0.3) is 15.9 Å². The van der Waals surface area contributed by atoms with Gasteiger partial charge in [-0.15, -0.1) is 12.4 Å². The quantitative estimate of drug-likeness (QED) is 0.549. The molecule has 0 aromatic heterocycles. The number of sulfonamides is 1. The molecule has 0 atom stereocenters. The lowest BCUT2D eigenvalue weighted by molar-refractivity contribution is 0.0954. The zero-order valence-corrected chi connectivity index (χ0v) is 16.5. The molecule has 0 unspecified atom stereocenters. The zero-order valence-electron chi connectivity index (χ0n) is 14.9. The minimum absolute atomic E-state index is 0. The van der Waals surface area contributed by atoms with Crippen LogP contribution in [0.5, 0.6) is 0 Å². The van der Waals surface area contributed by atoms with Gasteiger partial charge in [-0.05, 0) is 49.4 Å². The summed E-state index contributed by atoms with van der Waals surface area (Å²) in [5.74, 6) is -0.946. The topological polar surface area (TPSA) is 87.3 Å². The van der Waals surface area contributed by atoms with Gasteiger partial charge in [-0.25, -0.2) is 12.8 Å². The van der Waals surface area contributed by atoms with Crippen LogP contribution in [0.4, 0.5) is 10.1 Å². The molecular weight excluding hydrogens is 393 g/mol. The zero-order chi connectivity index (χ0) is 19.0. The molecule has 0 bridgehead atoms. The van der Waals surface area contributed by atoms with Crippen molar-refractivity contribution in [1.29, 1.82) is 0 Å². The molecule has 0 saturated heterocycles. The number of hydrogen-bond acceptors (Lipinski definition) is 4. The molecule has 1 amide bonds. The summed E-state index contributed by atoms with van der Waals surface area (Å²) in [5, 5.41) is 5.91. The maximum absolute atomic E-state index is 13.6. The van der Waals surface area contributed by atoms with Crippen molar-refractivity contribution in [2.24, 2.45) is 0 Å². The first kappa shape index (κ1) is 22.9. The molecule has 9 heteroatoms. The van der Waals surface area contributed by atoms with Gasteiger partial charge in [0, 0.05) is 18.7 Å². The Morgan fingerprint density at radius 1 is 1.00 bits per heavy atom. The number of anilines is 1. The van der Waals surface area contributed by atoms with E-state index in [1.165, 1.54) is 48.5 Å². The van der Waals surface area contributed by atoms with E-state index in [2.05, 4.69) is 22.3 Å². The minimum atomic E-state index is -3.94. The third-order valence-corrected chi connectivity index (χ3v) is 4.94. The van der Waals surface area contributed by atoms with Gasteiger partial charge < -0.3 is 10.6 Å². The second-order valence-electron chi connectivity index (χ2n) is 5.62. The van der Waals surface area contributed by atoms with Crippen molar-refractivity contribution in [2.75, 3.05) is 24.4 Å². The van der Waals surface area contributed by atoms with Crippen LogP contribution in [0.15, 0.2) is 53.4 Å². The smallest absolute Gasteiger partial charge is 0.261 e. The number of para-hydroxylation sites is 1. The molecule has 27 heavy (non-hydrogen) atoms. The van der Waals surface area contributed by atoms with Crippen molar-refractivity contribution in [3.05, 3.63) is 59.9 Å². The predicted octanol–water partition coefficient (Wildman–Crippen LogP) is 2.78. The SMILES string of the molecule is CCCNCCNC(=O)c1ccc(S(=O)(=O)Nc2ccccc2F)cc1.Cl. The third kappa shape index (κ3) is 6.82. The van der Waals surface area contributed by atoms with Crippen LogP contribution < -0.4 is 15.4 Å². The summed E-state index contributed by atoms with van der Waals surface area (Å²) < 4.78 is 40.5. The van der Waals surface area contributed by atoms with Crippen LogP contribution in [0.1, 0.15) is 23.7 Å². The van der Waals surface area contributed by atoms with E-state index in [9.17, 15) is 17.6 Å². The minimum Gasteiger partial charge on any atom is -0.351 e. The Bertz CT molecular complexity index is 845. The maximum atomic E-state index is 13.6. The molecule has 3 N–H and O–H groups in total. The van der Waals surface area contributed by atoms with E-state index in [4.69, 9.17) is 0 Å². The average molecular weight is 416 g/mol. The van der Waals surface area contributed by atoms with E-state index in [0.717, 1.165) is 13.0 Å². The lowest BCUT2D eigenvalue weighted by Crippen LogP contribution is -2.32. The van der Waals surface area contributed by atoms with Gasteiger partial charge in [0.2, 0.25) is 0 Å². The molecule has 0 saturated carbocycles. The summed E-state index contributed by atoms with van der Waals surface area (Å²) >= 11 is 0. The number of hydrogen-bond donors (Lipinski definition) is 3. The Morgan fingerprint density at radius 3 is 2.30 bits per heavy atom. The lowest BCUT2D eigenvalue weighted by atomic mass is 10.2. The van der Waals surface area contributed by atoms with E-state index in [1.54, 1.807) is 0 Å². The Kier molecular flexibility index (Phi) is 9.20. The van der Waals surface area contributed by atoms with Crippen molar-refractivity contribution >= 4 is 34.0 Å². The van der Waals surface area contributed by atoms with Gasteiger partial charge in [-0.2, -0.15) is 0 Å². The van der Waals surface area contributed by atoms with Crippen molar-refractivity contribution in [3.63, 3.8) is 0 Å². The molecule has 6 nitrogen and oxygen atoms in total. The second-order valence-corrected chi connectivity index (χ2v) is 7.30. The number of carbonyl (C=O) groups is 1. The average Bonchev–Trinajstić information content (AvgIpc) is 2.63. The summed E-state index contributed by atoms with van der Waals surface area (Å²) in [6.07, 6.45) is 1.02. The number of halogens is 2. The summed E-state index contributed by atoms with van der Waals surface area (Å²) in [6.45, 7) is 4.09. The third-order valence-electron chi connectivity index (χ3n) is 3.56. The molecule has 2 aromatic carbocycles. The Labute approximate surface area is 165 Å². The molecule has 0 aliphatic heterocycles. The van der Waals surface area contributed by atoms with E-state index >= 15 is 0 Å². The van der Waals surface area contributed by atoms with E-state index in [-0.39, 0.29) is 28.9 Å². The maximum Gasteiger partial charge on any atom is 0.261 e. The van der Waals surface area contributed by atoms with Gasteiger partial charge in [0.05, 0.1) is 10.6 Å². The number of carbonyl (C=O) groups excluding carboxylic acids is 1. The fourth-order valence-electron chi connectivity index (χ4n) is 2.20. The summed E-state index contributed by atoms with van der Waals surface area (Å²) in [6, 6.07) is 11.0. The van der Waals surface area contributed by atoms with Gasteiger partial charge in [-0.1, -0.05) is 19.1 Å². The second kappa shape index (κ2) is 10.9. The molecule has 2 aromatic rings. The first-order valence-electron chi connectivity index (χ1n) is 8.30. The molecule has 2 rings (SSSR count). The van der Waals surface area contributed by atoms with Crippen LogP contribution in [0, 0.1) is 5.82 Å². The Balaban J connectivity index is 0.00000364. The lowest BCUT2D eigenvalue weighted by Gasteiger charge is -2.10. The largest absolute Gasteiger partial charge is 0.351 e. The normalized spacial score (nSPS) is 10.7. The van der Waals surface area contributed by atoms with Crippen molar-refractivity contribution < 1.29 is 17.6 Å². The van der Waals surface area contributed by atoms with Crippen LogP contribution in [-0.2, 0) is 10.0 Å². The summed E-state index contributed by atoms with van der Waals surface area (Å²) in [7, 11) is -3.94. The molecule has 0 spiro atoms. The van der Waals surface area contributed by atoms with E-state index < -0.39 is 15.8 Å². The molecule has 0 aliphatic rings. The molecule has 148 valence electrons. The van der Waals surface area contributed by atoms with E-state index in [0.29, 0.717) is 18.7 Å². The highest BCUT2D eigenvalue weighted by Gasteiger charge is 2.16. The fourth-order valence-corrected chi connectivity index (χ4v) is 3.27. The van der Waals surface area contributed by atoms with Crippen LogP contribution in [-0.4, -0.2) is 34.0 Å². The van der Waals surface area contributed by atoms with Crippen LogP contribution >= 0.6 is 12.4 Å². The molecule has 0 fully saturated rings. The standard InChI is InChI=1S/C18H22FN3O3S.ClH/c1-2-11-20-12-13-21-18(23)14-7-9-15(10-8-14)26(24,25)22-17-6-4-3-5-16(17)19;/h3-10,20,22H,2,11-13H2,1H3,(H,21,23);1H. The molecule has 0 aliphatic carbocycles. The highest BCUT2D eigenvalue weighted by Crippen LogP contribution is 2.19. The van der Waals surface area contributed by atoms with E-state index in [1.807, 2.05) is 0 Å². The van der Waals surface area contributed by atoms with Gasteiger partial charge in [0.15, 0.2) is 0 Å². The Morgan fingerprint density at radius 2 is 1.67 bits per heavy atom. The molecular formula is C18H23ClFN3O3S.